The third-order valence-electron chi connectivity index (χ3n) is 2.48. The molecule has 5 heteroatoms. The van der Waals surface area contributed by atoms with Gasteiger partial charge in [-0.25, -0.2) is 0 Å². The van der Waals surface area contributed by atoms with E-state index in [2.05, 4.69) is 5.16 Å². The number of hydrogen-bond donors (Lipinski definition) is 1. The Morgan fingerprint density at radius 3 is 2.89 bits per heavy atom. The van der Waals surface area contributed by atoms with Gasteiger partial charge in [-0.1, -0.05) is 16.8 Å². The van der Waals surface area contributed by atoms with Gasteiger partial charge in [-0.15, -0.1) is 0 Å². The van der Waals surface area contributed by atoms with Crippen LogP contribution in [-0.2, 0) is 6.42 Å². The average Bonchev–Trinajstić information content (AvgIpc) is 2.81. The minimum Gasteiger partial charge on any atom is -0.492 e. The summed E-state index contributed by atoms with van der Waals surface area (Å²) in [6.07, 6.45) is 0.703. The lowest BCUT2D eigenvalue weighted by Crippen LogP contribution is -2.02. The van der Waals surface area contributed by atoms with Gasteiger partial charge in [0.2, 0.25) is 0 Å². The monoisotopic (exact) mass is 266 g/mol. The third kappa shape index (κ3) is 2.83. The Morgan fingerprint density at radius 1 is 1.39 bits per heavy atom. The van der Waals surface area contributed by atoms with E-state index in [4.69, 9.17) is 26.6 Å². The van der Waals surface area contributed by atoms with Crippen molar-refractivity contribution in [2.45, 2.75) is 13.3 Å². The van der Waals surface area contributed by atoms with Crippen LogP contribution in [0, 0.1) is 0 Å². The summed E-state index contributed by atoms with van der Waals surface area (Å²) >= 11 is 6.12. The highest BCUT2D eigenvalue weighted by Crippen LogP contribution is 2.30. The van der Waals surface area contributed by atoms with Gasteiger partial charge in [0.15, 0.2) is 5.76 Å². The molecule has 1 aromatic carbocycles. The predicted molar refractivity (Wildman–Crippen MR) is 70.9 cm³/mol. The van der Waals surface area contributed by atoms with E-state index in [0.29, 0.717) is 36.1 Å². The second kappa shape index (κ2) is 5.89. The Bertz CT molecular complexity index is 525. The van der Waals surface area contributed by atoms with Gasteiger partial charge in [0.25, 0.3) is 0 Å². The summed E-state index contributed by atoms with van der Waals surface area (Å²) in [5, 5.41) is 4.50. The highest BCUT2D eigenvalue weighted by Gasteiger charge is 2.09. The van der Waals surface area contributed by atoms with Crippen molar-refractivity contribution in [3.05, 3.63) is 35.0 Å². The zero-order valence-electron chi connectivity index (χ0n) is 10.1. The molecule has 1 aromatic heterocycles. The van der Waals surface area contributed by atoms with Crippen LogP contribution in [0.1, 0.15) is 12.6 Å². The molecule has 0 aliphatic heterocycles. The molecule has 0 saturated carbocycles. The van der Waals surface area contributed by atoms with Crippen molar-refractivity contribution < 1.29 is 9.26 Å². The molecule has 18 heavy (non-hydrogen) atoms. The highest BCUT2D eigenvalue weighted by atomic mass is 35.5. The maximum Gasteiger partial charge on any atom is 0.167 e. The van der Waals surface area contributed by atoms with Crippen molar-refractivity contribution in [2.24, 2.45) is 5.73 Å². The molecule has 96 valence electrons. The Balaban J connectivity index is 2.24. The molecule has 0 fully saturated rings. The van der Waals surface area contributed by atoms with E-state index < -0.39 is 0 Å². The van der Waals surface area contributed by atoms with Gasteiger partial charge in [0.1, 0.15) is 5.75 Å². The van der Waals surface area contributed by atoms with Gasteiger partial charge in [-0.3, -0.25) is 0 Å². The number of benzene rings is 1. The van der Waals surface area contributed by atoms with Crippen LogP contribution in [0.2, 0.25) is 5.02 Å². The zero-order chi connectivity index (χ0) is 13.0. The predicted octanol–water partition coefficient (Wildman–Crippen LogP) is 2.89. The topological polar surface area (TPSA) is 61.3 Å². The number of ether oxygens (including phenoxy) is 1. The number of hydrogen-bond acceptors (Lipinski definition) is 4. The number of rotatable bonds is 5. The molecule has 0 saturated heterocycles. The molecule has 0 unspecified atom stereocenters. The van der Waals surface area contributed by atoms with E-state index in [1.165, 1.54) is 0 Å². The molecule has 0 aliphatic carbocycles. The average molecular weight is 267 g/mol. The number of nitrogens with zero attached hydrogens (tertiary/aromatic N) is 1. The maximum atomic E-state index is 6.12. The van der Waals surface area contributed by atoms with Gasteiger partial charge in [0, 0.05) is 18.1 Å². The van der Waals surface area contributed by atoms with Crippen molar-refractivity contribution >= 4 is 11.6 Å². The van der Waals surface area contributed by atoms with Crippen molar-refractivity contribution in [3.63, 3.8) is 0 Å². The number of halogens is 1. The van der Waals surface area contributed by atoms with Gasteiger partial charge >= 0.3 is 0 Å². The van der Waals surface area contributed by atoms with Crippen LogP contribution in [0.25, 0.3) is 11.3 Å². The second-order valence-corrected chi connectivity index (χ2v) is 4.21. The summed E-state index contributed by atoms with van der Waals surface area (Å²) in [6.45, 7) is 3.05. The quantitative estimate of drug-likeness (QED) is 0.904. The fourth-order valence-corrected chi connectivity index (χ4v) is 1.88. The fraction of sp³-hybridized carbons (Fsp3) is 0.308. The summed E-state index contributed by atoms with van der Waals surface area (Å²) in [5.74, 6) is 1.35. The van der Waals surface area contributed by atoms with Crippen LogP contribution in [0.15, 0.2) is 28.8 Å². The number of nitrogens with two attached hydrogens (primary N) is 1. The van der Waals surface area contributed by atoms with Crippen LogP contribution in [0.5, 0.6) is 5.75 Å². The third-order valence-corrected chi connectivity index (χ3v) is 2.77. The SMILES string of the molecule is CCOc1ccc(-c2cc(CCN)no2)cc1Cl. The molecular weight excluding hydrogens is 252 g/mol. The summed E-state index contributed by atoms with van der Waals surface area (Å²) < 4.78 is 10.6. The normalized spacial score (nSPS) is 10.6. The van der Waals surface area contributed by atoms with Crippen LogP contribution >= 0.6 is 11.6 Å². The maximum absolute atomic E-state index is 6.12. The molecular formula is C13H15ClN2O2. The smallest absolute Gasteiger partial charge is 0.167 e. The van der Waals surface area contributed by atoms with Gasteiger partial charge in [-0.05, 0) is 31.7 Å². The van der Waals surface area contributed by atoms with Crippen LogP contribution in [0.4, 0.5) is 0 Å². The van der Waals surface area contributed by atoms with E-state index in [-0.39, 0.29) is 0 Å². The lowest BCUT2D eigenvalue weighted by molar-refractivity contribution is 0.340. The van der Waals surface area contributed by atoms with Crippen molar-refractivity contribution in [2.75, 3.05) is 13.2 Å². The van der Waals surface area contributed by atoms with Crippen LogP contribution < -0.4 is 10.5 Å². The summed E-state index contributed by atoms with van der Waals surface area (Å²) in [7, 11) is 0. The second-order valence-electron chi connectivity index (χ2n) is 3.80. The first-order valence-electron chi connectivity index (χ1n) is 5.83. The molecule has 0 atom stereocenters. The minimum absolute atomic E-state index is 0.552. The van der Waals surface area contributed by atoms with E-state index in [9.17, 15) is 0 Å². The van der Waals surface area contributed by atoms with Crippen molar-refractivity contribution in [3.8, 4) is 17.1 Å². The molecule has 0 amide bonds. The summed E-state index contributed by atoms with van der Waals surface area (Å²) in [6, 6.07) is 7.40. The van der Waals surface area contributed by atoms with Gasteiger partial charge in [0.05, 0.1) is 17.3 Å². The van der Waals surface area contributed by atoms with Crippen molar-refractivity contribution in [1.82, 2.24) is 5.16 Å². The molecule has 1 heterocycles. The first-order chi connectivity index (χ1) is 8.74. The summed E-state index contributed by atoms with van der Waals surface area (Å²) in [5.41, 5.74) is 7.19. The Hall–Kier alpha value is -1.52. The molecule has 2 N–H and O–H groups in total. The summed E-state index contributed by atoms with van der Waals surface area (Å²) in [4.78, 5) is 0. The van der Waals surface area contributed by atoms with Crippen LogP contribution in [-0.4, -0.2) is 18.3 Å². The fourth-order valence-electron chi connectivity index (χ4n) is 1.64. The molecule has 0 aliphatic rings. The molecule has 0 radical (unpaired) electrons. The Labute approximate surface area is 111 Å². The zero-order valence-corrected chi connectivity index (χ0v) is 10.9. The first-order valence-corrected chi connectivity index (χ1v) is 6.20. The van der Waals surface area contributed by atoms with E-state index in [0.717, 1.165) is 11.3 Å². The Morgan fingerprint density at radius 2 is 2.22 bits per heavy atom. The standard InChI is InChI=1S/C13H15ClN2O2/c1-2-17-12-4-3-9(7-11(12)14)13-8-10(5-6-15)16-18-13/h3-4,7-8H,2,5-6,15H2,1H3. The molecule has 0 bridgehead atoms. The molecule has 2 rings (SSSR count). The first kappa shape index (κ1) is 12.9. The van der Waals surface area contributed by atoms with E-state index in [1.807, 2.05) is 25.1 Å². The van der Waals surface area contributed by atoms with Crippen LogP contribution in [0.3, 0.4) is 0 Å². The lowest BCUT2D eigenvalue weighted by atomic mass is 10.1. The van der Waals surface area contributed by atoms with Crippen molar-refractivity contribution in [1.29, 1.82) is 0 Å². The minimum atomic E-state index is 0.552. The number of aromatic nitrogens is 1. The van der Waals surface area contributed by atoms with E-state index >= 15 is 0 Å². The lowest BCUT2D eigenvalue weighted by Gasteiger charge is -2.05. The van der Waals surface area contributed by atoms with Gasteiger partial charge in [-0.2, -0.15) is 0 Å². The highest BCUT2D eigenvalue weighted by molar-refractivity contribution is 6.32. The van der Waals surface area contributed by atoms with E-state index in [1.54, 1.807) is 6.07 Å². The molecule has 0 spiro atoms. The molecule has 2 aromatic rings. The Kier molecular flexibility index (Phi) is 4.23. The largest absolute Gasteiger partial charge is 0.492 e. The van der Waals surface area contributed by atoms with Gasteiger partial charge < -0.3 is 15.0 Å². The molecule has 4 nitrogen and oxygen atoms in total.